The molecule has 218 valence electrons. The first-order chi connectivity index (χ1) is 20.1. The fraction of sp³-hybridized carbons (Fsp3) is 0.200. The number of ether oxygens (including phenoxy) is 2. The zero-order valence-electron chi connectivity index (χ0n) is 22.2. The van der Waals surface area contributed by atoms with Gasteiger partial charge in [0.25, 0.3) is 11.8 Å². The number of carboxylic acid groups (broad SMARTS) is 2. The van der Waals surface area contributed by atoms with Gasteiger partial charge in [-0.2, -0.15) is 0 Å². The van der Waals surface area contributed by atoms with Crippen molar-refractivity contribution < 1.29 is 48.5 Å². The van der Waals surface area contributed by atoms with Crippen LogP contribution in [-0.4, -0.2) is 58.0 Å². The van der Waals surface area contributed by atoms with Gasteiger partial charge in [-0.25, -0.2) is 9.59 Å². The zero-order valence-corrected chi connectivity index (χ0v) is 22.2. The molecule has 0 heterocycles. The molecular formula is C30H28N2O10. The summed E-state index contributed by atoms with van der Waals surface area (Å²) in [4.78, 5) is 73.2. The molecule has 2 atom stereocenters. The molecule has 0 bridgehead atoms. The summed E-state index contributed by atoms with van der Waals surface area (Å²) in [5, 5.41) is 23.4. The van der Waals surface area contributed by atoms with Crippen LogP contribution in [-0.2, 0) is 41.9 Å². The van der Waals surface area contributed by atoms with Gasteiger partial charge in [-0.05, 0) is 29.3 Å². The summed E-state index contributed by atoms with van der Waals surface area (Å²) in [5.74, 6) is -6.43. The number of hydrogen-bond acceptors (Lipinski definition) is 8. The molecule has 0 saturated heterocycles. The summed E-state index contributed by atoms with van der Waals surface area (Å²) in [7, 11) is 0. The molecule has 0 spiro atoms. The molecule has 4 N–H and O–H groups in total. The van der Waals surface area contributed by atoms with Crippen LogP contribution < -0.4 is 10.6 Å². The molecule has 2 unspecified atom stereocenters. The number of benzene rings is 3. The van der Waals surface area contributed by atoms with Crippen LogP contribution in [0.15, 0.2) is 84.9 Å². The van der Waals surface area contributed by atoms with Crippen molar-refractivity contribution >= 4 is 35.7 Å². The van der Waals surface area contributed by atoms with Crippen LogP contribution in [0.2, 0.25) is 0 Å². The smallest absolute Gasteiger partial charge is 0.326 e. The molecule has 42 heavy (non-hydrogen) atoms. The minimum Gasteiger partial charge on any atom is -0.480 e. The van der Waals surface area contributed by atoms with Crippen LogP contribution in [0.5, 0.6) is 0 Å². The fourth-order valence-corrected chi connectivity index (χ4v) is 3.61. The van der Waals surface area contributed by atoms with E-state index in [1.165, 1.54) is 18.2 Å². The molecule has 0 aliphatic heterocycles. The fourth-order valence-electron chi connectivity index (χ4n) is 3.61. The van der Waals surface area contributed by atoms with Crippen molar-refractivity contribution in [2.45, 2.75) is 38.1 Å². The molecule has 0 saturated carbocycles. The van der Waals surface area contributed by atoms with E-state index in [1.54, 1.807) is 60.7 Å². The van der Waals surface area contributed by atoms with Crippen molar-refractivity contribution in [1.29, 1.82) is 0 Å². The molecule has 3 aromatic carbocycles. The number of carbonyl (C=O) groups excluding carboxylic acids is 4. The second-order valence-corrected chi connectivity index (χ2v) is 9.01. The lowest BCUT2D eigenvalue weighted by molar-refractivity contribution is -0.150. The number of amides is 2. The summed E-state index contributed by atoms with van der Waals surface area (Å²) in [6.45, 7) is -0.140. The Morgan fingerprint density at radius 2 is 0.952 bits per heavy atom. The van der Waals surface area contributed by atoms with Gasteiger partial charge in [0, 0.05) is 11.1 Å². The molecule has 0 aliphatic carbocycles. The Bertz CT molecular complexity index is 1320. The van der Waals surface area contributed by atoms with Crippen LogP contribution in [0, 0.1) is 0 Å². The lowest BCUT2D eigenvalue weighted by atomic mass is 10.1. The van der Waals surface area contributed by atoms with Gasteiger partial charge in [0.05, 0.1) is 12.8 Å². The lowest BCUT2D eigenvalue weighted by Gasteiger charge is -2.16. The first-order valence-corrected chi connectivity index (χ1v) is 12.7. The molecule has 0 aromatic heterocycles. The van der Waals surface area contributed by atoms with E-state index >= 15 is 0 Å². The Kier molecular flexibility index (Phi) is 11.3. The van der Waals surface area contributed by atoms with Crippen molar-refractivity contribution in [1.82, 2.24) is 10.6 Å². The predicted molar refractivity (Wildman–Crippen MR) is 146 cm³/mol. The normalized spacial score (nSPS) is 11.8. The van der Waals surface area contributed by atoms with Gasteiger partial charge >= 0.3 is 23.9 Å². The SMILES string of the molecule is O=C(CC(NC(=O)c1cccc(C(=O)NC(CC(=O)OCc2ccccc2)C(=O)O)c1)C(=O)O)OCc1ccccc1. The van der Waals surface area contributed by atoms with Gasteiger partial charge in [0.15, 0.2) is 0 Å². The minimum absolute atomic E-state index is 0.0702. The van der Waals surface area contributed by atoms with E-state index in [0.717, 1.165) is 6.07 Å². The van der Waals surface area contributed by atoms with E-state index in [4.69, 9.17) is 9.47 Å². The third-order valence-electron chi connectivity index (χ3n) is 5.82. The molecule has 3 rings (SSSR count). The van der Waals surface area contributed by atoms with Gasteiger partial charge in [-0.3, -0.25) is 19.2 Å². The molecule has 2 amide bonds. The topological polar surface area (TPSA) is 185 Å². The molecule has 12 nitrogen and oxygen atoms in total. The number of nitrogens with one attached hydrogen (secondary N) is 2. The van der Waals surface area contributed by atoms with Crippen LogP contribution >= 0.6 is 0 Å². The number of carboxylic acids is 2. The Hall–Kier alpha value is -5.52. The van der Waals surface area contributed by atoms with Crippen LogP contribution in [0.25, 0.3) is 0 Å². The Labute approximate surface area is 240 Å². The summed E-state index contributed by atoms with van der Waals surface area (Å²) in [6.07, 6.45) is -1.29. The summed E-state index contributed by atoms with van der Waals surface area (Å²) >= 11 is 0. The first-order valence-electron chi connectivity index (χ1n) is 12.7. The van der Waals surface area contributed by atoms with E-state index in [2.05, 4.69) is 10.6 Å². The molecule has 0 fully saturated rings. The highest BCUT2D eigenvalue weighted by Crippen LogP contribution is 2.10. The van der Waals surface area contributed by atoms with E-state index in [0.29, 0.717) is 11.1 Å². The molecule has 0 aliphatic rings. The second-order valence-electron chi connectivity index (χ2n) is 9.01. The van der Waals surface area contributed by atoms with E-state index in [-0.39, 0.29) is 24.3 Å². The number of carbonyl (C=O) groups is 6. The van der Waals surface area contributed by atoms with Crippen molar-refractivity contribution in [2.24, 2.45) is 0 Å². The summed E-state index contributed by atoms with van der Waals surface area (Å²) in [6, 6.07) is 19.3. The molecule has 0 radical (unpaired) electrons. The minimum atomic E-state index is -1.61. The average molecular weight is 577 g/mol. The Morgan fingerprint density at radius 3 is 1.31 bits per heavy atom. The van der Waals surface area contributed by atoms with E-state index in [1.807, 2.05) is 0 Å². The summed E-state index contributed by atoms with van der Waals surface area (Å²) < 4.78 is 10.2. The number of hydrogen-bond donors (Lipinski definition) is 4. The lowest BCUT2D eigenvalue weighted by Crippen LogP contribution is -2.43. The average Bonchev–Trinajstić information content (AvgIpc) is 2.99. The maximum Gasteiger partial charge on any atom is 0.326 e. The largest absolute Gasteiger partial charge is 0.480 e. The predicted octanol–water partition coefficient (Wildman–Crippen LogP) is 2.32. The molecule has 3 aromatic rings. The van der Waals surface area contributed by atoms with Gasteiger partial charge in [-0.15, -0.1) is 0 Å². The Morgan fingerprint density at radius 1 is 0.571 bits per heavy atom. The van der Waals surface area contributed by atoms with Crippen molar-refractivity contribution in [3.05, 3.63) is 107 Å². The highest BCUT2D eigenvalue weighted by Gasteiger charge is 2.27. The van der Waals surface area contributed by atoms with E-state index in [9.17, 15) is 39.0 Å². The van der Waals surface area contributed by atoms with Crippen LogP contribution in [0.4, 0.5) is 0 Å². The standard InChI is InChI=1S/C30H28N2O10/c33-25(41-17-19-8-3-1-4-9-19)15-23(29(37)38)31-27(35)21-12-7-13-22(14-21)28(36)32-24(30(39)40)16-26(34)42-18-20-10-5-2-6-11-20/h1-14,23-24H,15-18H2,(H,31,35)(H,32,36)(H,37,38)(H,39,40). The highest BCUT2D eigenvalue weighted by atomic mass is 16.5. The zero-order chi connectivity index (χ0) is 30.5. The number of esters is 2. The maximum atomic E-state index is 12.7. The van der Waals surface area contributed by atoms with Gasteiger partial charge in [0.1, 0.15) is 25.3 Å². The van der Waals surface area contributed by atoms with E-state index < -0.39 is 60.6 Å². The molecular weight excluding hydrogens is 548 g/mol. The summed E-state index contributed by atoms with van der Waals surface area (Å²) in [5.41, 5.74) is 1.15. The first kappa shape index (κ1) is 31.0. The van der Waals surface area contributed by atoms with Gasteiger partial charge < -0.3 is 30.3 Å². The van der Waals surface area contributed by atoms with Crippen molar-refractivity contribution in [2.75, 3.05) is 0 Å². The quantitative estimate of drug-likeness (QED) is 0.208. The van der Waals surface area contributed by atoms with Crippen molar-refractivity contribution in [3.8, 4) is 0 Å². The highest BCUT2D eigenvalue weighted by molar-refractivity contribution is 6.02. The number of rotatable bonds is 14. The van der Waals surface area contributed by atoms with Gasteiger partial charge in [0.2, 0.25) is 0 Å². The maximum absolute atomic E-state index is 12.7. The molecule has 12 heteroatoms. The monoisotopic (exact) mass is 576 g/mol. The van der Waals surface area contributed by atoms with Crippen LogP contribution in [0.3, 0.4) is 0 Å². The van der Waals surface area contributed by atoms with Crippen LogP contribution in [0.1, 0.15) is 44.7 Å². The van der Waals surface area contributed by atoms with Crippen molar-refractivity contribution in [3.63, 3.8) is 0 Å². The van der Waals surface area contributed by atoms with Gasteiger partial charge in [-0.1, -0.05) is 66.7 Å². The number of aliphatic carboxylic acids is 2. The second kappa shape index (κ2) is 15.3. The third kappa shape index (κ3) is 9.90. The Balaban J connectivity index is 1.57. The third-order valence-corrected chi connectivity index (χ3v) is 5.82.